The van der Waals surface area contributed by atoms with E-state index in [1.807, 2.05) is 4.90 Å². The van der Waals surface area contributed by atoms with Gasteiger partial charge in [0.15, 0.2) is 0 Å². The number of rotatable bonds is 2. The second-order valence-electron chi connectivity index (χ2n) is 3.64. The van der Waals surface area contributed by atoms with E-state index < -0.39 is 7.12 Å². The van der Waals surface area contributed by atoms with Gasteiger partial charge in [-0.3, -0.25) is 0 Å². The second-order valence-corrected chi connectivity index (χ2v) is 3.64. The summed E-state index contributed by atoms with van der Waals surface area (Å²) >= 11 is 0. The molecule has 1 aromatic heterocycles. The average Bonchev–Trinajstić information content (AvgIpc) is 2.57. The molecule has 0 unspecified atom stereocenters. The van der Waals surface area contributed by atoms with Crippen molar-refractivity contribution in [2.45, 2.75) is 6.42 Å². The van der Waals surface area contributed by atoms with E-state index in [1.54, 1.807) is 0 Å². The Hall–Kier alpha value is -1.18. The van der Waals surface area contributed by atoms with E-state index in [0.717, 1.165) is 26.1 Å². The fourth-order valence-electron chi connectivity index (χ4n) is 1.57. The molecule has 86 valence electrons. The highest BCUT2D eigenvalue weighted by molar-refractivity contribution is 6.58. The predicted octanol–water partition coefficient (Wildman–Crippen LogP) is -1.62. The molecule has 2 rings (SSSR count). The van der Waals surface area contributed by atoms with Crippen molar-refractivity contribution in [1.29, 1.82) is 0 Å². The molecule has 2 heterocycles. The molecule has 0 spiro atoms. The van der Waals surface area contributed by atoms with Gasteiger partial charge in [0, 0.05) is 37.6 Å². The first kappa shape index (κ1) is 11.3. The normalized spacial score (nSPS) is 17.0. The van der Waals surface area contributed by atoms with Crippen LogP contribution in [0.15, 0.2) is 12.4 Å². The van der Waals surface area contributed by atoms with Crippen molar-refractivity contribution < 1.29 is 14.8 Å². The largest absolute Gasteiger partial charge is 0.491 e. The van der Waals surface area contributed by atoms with Gasteiger partial charge in [-0.25, -0.2) is 9.97 Å². The molecule has 7 heteroatoms. The first-order valence-corrected chi connectivity index (χ1v) is 5.28. The predicted molar refractivity (Wildman–Crippen MR) is 59.5 cm³/mol. The molecule has 1 aliphatic rings. The summed E-state index contributed by atoms with van der Waals surface area (Å²) in [6.07, 6.45) is 3.81. The SMILES string of the molecule is OB(O)c1cnc(N2CCCOCC2)nc1. The van der Waals surface area contributed by atoms with Crippen LogP contribution in [-0.2, 0) is 4.74 Å². The molecule has 0 radical (unpaired) electrons. The molecule has 2 N–H and O–H groups in total. The van der Waals surface area contributed by atoms with E-state index in [1.165, 1.54) is 12.4 Å². The molecule has 0 atom stereocenters. The van der Waals surface area contributed by atoms with Gasteiger partial charge in [-0.2, -0.15) is 0 Å². The van der Waals surface area contributed by atoms with Crippen molar-refractivity contribution >= 4 is 18.5 Å². The molecule has 1 saturated heterocycles. The van der Waals surface area contributed by atoms with Crippen molar-refractivity contribution in [3.8, 4) is 0 Å². The monoisotopic (exact) mass is 223 g/mol. The minimum Gasteiger partial charge on any atom is -0.423 e. The van der Waals surface area contributed by atoms with Crippen LogP contribution in [0.1, 0.15) is 6.42 Å². The Morgan fingerprint density at radius 2 is 1.94 bits per heavy atom. The molecule has 16 heavy (non-hydrogen) atoms. The molecule has 6 nitrogen and oxygen atoms in total. The van der Waals surface area contributed by atoms with Crippen LogP contribution in [0.2, 0.25) is 0 Å². The van der Waals surface area contributed by atoms with Gasteiger partial charge < -0.3 is 19.7 Å². The third-order valence-corrected chi connectivity index (χ3v) is 2.46. The number of ether oxygens (including phenoxy) is 1. The molecular formula is C9H14BN3O3. The summed E-state index contributed by atoms with van der Waals surface area (Å²) in [5, 5.41) is 17.8. The van der Waals surface area contributed by atoms with Gasteiger partial charge in [0.1, 0.15) is 0 Å². The summed E-state index contributed by atoms with van der Waals surface area (Å²) in [5.41, 5.74) is 0.301. The van der Waals surface area contributed by atoms with E-state index in [-0.39, 0.29) is 0 Å². The average molecular weight is 223 g/mol. The third kappa shape index (κ3) is 2.69. The highest BCUT2D eigenvalue weighted by atomic mass is 16.5. The van der Waals surface area contributed by atoms with Crippen LogP contribution in [0.3, 0.4) is 0 Å². The molecule has 0 aliphatic carbocycles. The van der Waals surface area contributed by atoms with Crippen molar-refractivity contribution in [3.63, 3.8) is 0 Å². The molecule has 1 fully saturated rings. The molecule has 0 aromatic carbocycles. The van der Waals surface area contributed by atoms with Crippen LogP contribution in [-0.4, -0.2) is 53.4 Å². The minimum absolute atomic E-state index is 0.301. The topological polar surface area (TPSA) is 78.7 Å². The number of nitrogens with zero attached hydrogens (tertiary/aromatic N) is 3. The maximum Gasteiger partial charge on any atom is 0.491 e. The maximum atomic E-state index is 8.91. The number of anilines is 1. The fourth-order valence-corrected chi connectivity index (χ4v) is 1.57. The van der Waals surface area contributed by atoms with E-state index >= 15 is 0 Å². The Labute approximate surface area is 94.0 Å². The molecule has 0 amide bonds. The zero-order valence-corrected chi connectivity index (χ0v) is 8.91. The maximum absolute atomic E-state index is 8.91. The Bertz CT molecular complexity index is 325. The van der Waals surface area contributed by atoms with E-state index in [2.05, 4.69) is 9.97 Å². The van der Waals surface area contributed by atoms with Crippen molar-refractivity contribution in [2.24, 2.45) is 0 Å². The number of hydrogen-bond donors (Lipinski definition) is 2. The summed E-state index contributed by atoms with van der Waals surface area (Å²) in [6.45, 7) is 3.07. The lowest BCUT2D eigenvalue weighted by atomic mass is 9.83. The highest BCUT2D eigenvalue weighted by Gasteiger charge is 2.15. The lowest BCUT2D eigenvalue weighted by Crippen LogP contribution is -2.33. The molecule has 0 saturated carbocycles. The van der Waals surface area contributed by atoms with Gasteiger partial charge in [0.2, 0.25) is 5.95 Å². The lowest BCUT2D eigenvalue weighted by Gasteiger charge is -2.19. The Balaban J connectivity index is 2.07. The summed E-state index contributed by atoms with van der Waals surface area (Å²) in [6, 6.07) is 0. The van der Waals surface area contributed by atoms with Gasteiger partial charge in [-0.1, -0.05) is 0 Å². The zero-order valence-electron chi connectivity index (χ0n) is 8.91. The van der Waals surface area contributed by atoms with Gasteiger partial charge >= 0.3 is 7.12 Å². The third-order valence-electron chi connectivity index (χ3n) is 2.46. The number of hydrogen-bond acceptors (Lipinski definition) is 6. The van der Waals surface area contributed by atoms with Gasteiger partial charge in [0.05, 0.1) is 6.61 Å². The van der Waals surface area contributed by atoms with Gasteiger partial charge in [-0.15, -0.1) is 0 Å². The smallest absolute Gasteiger partial charge is 0.423 e. The van der Waals surface area contributed by atoms with Crippen LogP contribution >= 0.6 is 0 Å². The van der Waals surface area contributed by atoms with Crippen LogP contribution < -0.4 is 10.4 Å². The molecular weight excluding hydrogens is 209 g/mol. The summed E-state index contributed by atoms with van der Waals surface area (Å²) in [7, 11) is -1.51. The molecule has 1 aliphatic heterocycles. The Morgan fingerprint density at radius 1 is 1.19 bits per heavy atom. The summed E-state index contributed by atoms with van der Waals surface area (Å²) < 4.78 is 5.33. The number of aromatic nitrogens is 2. The Kier molecular flexibility index (Phi) is 3.71. The van der Waals surface area contributed by atoms with Gasteiger partial charge in [0.25, 0.3) is 0 Å². The van der Waals surface area contributed by atoms with E-state index in [4.69, 9.17) is 14.8 Å². The van der Waals surface area contributed by atoms with Gasteiger partial charge in [-0.05, 0) is 6.42 Å². The fraction of sp³-hybridized carbons (Fsp3) is 0.556. The first-order chi connectivity index (χ1) is 7.77. The molecule has 1 aromatic rings. The second kappa shape index (κ2) is 5.24. The van der Waals surface area contributed by atoms with Crippen molar-refractivity contribution in [2.75, 3.05) is 31.2 Å². The van der Waals surface area contributed by atoms with Crippen LogP contribution in [0.5, 0.6) is 0 Å². The summed E-state index contributed by atoms with van der Waals surface area (Å²) in [4.78, 5) is 10.2. The minimum atomic E-state index is -1.51. The van der Waals surface area contributed by atoms with Crippen LogP contribution in [0.4, 0.5) is 5.95 Å². The van der Waals surface area contributed by atoms with Crippen molar-refractivity contribution in [1.82, 2.24) is 9.97 Å². The van der Waals surface area contributed by atoms with Crippen LogP contribution in [0.25, 0.3) is 0 Å². The zero-order chi connectivity index (χ0) is 11.4. The van der Waals surface area contributed by atoms with E-state index in [9.17, 15) is 0 Å². The lowest BCUT2D eigenvalue weighted by molar-refractivity contribution is 0.152. The first-order valence-electron chi connectivity index (χ1n) is 5.28. The summed E-state index contributed by atoms with van der Waals surface area (Å²) in [5.74, 6) is 0.606. The van der Waals surface area contributed by atoms with E-state index in [0.29, 0.717) is 18.0 Å². The van der Waals surface area contributed by atoms with Crippen LogP contribution in [0, 0.1) is 0 Å². The molecule has 0 bridgehead atoms. The standard InChI is InChI=1S/C9H14BN3O3/c14-10(15)8-6-11-9(12-7-8)13-2-1-4-16-5-3-13/h6-7,14-15H,1-5H2. The van der Waals surface area contributed by atoms with Crippen molar-refractivity contribution in [3.05, 3.63) is 12.4 Å². The quantitative estimate of drug-likeness (QED) is 0.587. The highest BCUT2D eigenvalue weighted by Crippen LogP contribution is 2.07. The Morgan fingerprint density at radius 3 is 2.62 bits per heavy atom.